The van der Waals surface area contributed by atoms with E-state index in [1.165, 1.54) is 0 Å². The van der Waals surface area contributed by atoms with Crippen LogP contribution in [0.5, 0.6) is 17.2 Å². The monoisotopic (exact) mass is 352 g/mol. The van der Waals surface area contributed by atoms with Gasteiger partial charge in [-0.2, -0.15) is 0 Å². The Morgan fingerprint density at radius 2 is 1.58 bits per heavy atom. The Morgan fingerprint density at radius 1 is 0.923 bits per heavy atom. The Labute approximate surface area is 151 Å². The number of rotatable bonds is 5. The average Bonchev–Trinajstić information content (AvgIpc) is 2.67. The number of benzene rings is 3. The van der Waals surface area contributed by atoms with Crippen molar-refractivity contribution in [2.75, 3.05) is 20.8 Å². The van der Waals surface area contributed by atoms with Gasteiger partial charge in [0.05, 0.1) is 31.8 Å². The van der Waals surface area contributed by atoms with Gasteiger partial charge in [0.25, 0.3) is 0 Å². The van der Waals surface area contributed by atoms with Gasteiger partial charge >= 0.3 is 5.97 Å². The molecule has 3 aromatic carbocycles. The fraction of sp³-hybridized carbons (Fsp3) is 0.190. The lowest BCUT2D eigenvalue weighted by atomic mass is 9.98. The Morgan fingerprint density at radius 3 is 2.19 bits per heavy atom. The Hall–Kier alpha value is -3.21. The molecule has 0 aliphatic carbocycles. The van der Waals surface area contributed by atoms with Gasteiger partial charge < -0.3 is 19.3 Å². The predicted octanol–water partition coefficient (Wildman–Crippen LogP) is 4.41. The van der Waals surface area contributed by atoms with Crippen LogP contribution in [0.4, 0.5) is 0 Å². The maximum Gasteiger partial charge on any atom is 0.338 e. The summed E-state index contributed by atoms with van der Waals surface area (Å²) in [6, 6.07) is 14.2. The number of phenols is 1. The molecule has 0 aliphatic rings. The second kappa shape index (κ2) is 7.35. The lowest BCUT2D eigenvalue weighted by Gasteiger charge is -2.14. The highest BCUT2D eigenvalue weighted by Gasteiger charge is 2.16. The summed E-state index contributed by atoms with van der Waals surface area (Å²) in [5.74, 6) is 0.943. The zero-order chi connectivity index (χ0) is 18.7. The van der Waals surface area contributed by atoms with Crippen LogP contribution in [0, 0.1) is 0 Å². The summed E-state index contributed by atoms with van der Waals surface area (Å²) in [6.45, 7) is 2.09. The van der Waals surface area contributed by atoms with Crippen molar-refractivity contribution in [2.24, 2.45) is 0 Å². The molecule has 1 N–H and O–H groups in total. The van der Waals surface area contributed by atoms with Gasteiger partial charge in [0.15, 0.2) is 0 Å². The molecule has 0 amide bonds. The number of hydrogen-bond donors (Lipinski definition) is 1. The average molecular weight is 352 g/mol. The summed E-state index contributed by atoms with van der Waals surface area (Å²) in [7, 11) is 3.14. The Kier molecular flexibility index (Phi) is 4.98. The highest BCUT2D eigenvalue weighted by atomic mass is 16.5. The van der Waals surface area contributed by atoms with Gasteiger partial charge in [-0.15, -0.1) is 0 Å². The minimum Gasteiger partial charge on any atom is -0.507 e. The van der Waals surface area contributed by atoms with Gasteiger partial charge in [-0.1, -0.05) is 12.1 Å². The zero-order valence-corrected chi connectivity index (χ0v) is 14.9. The van der Waals surface area contributed by atoms with Crippen molar-refractivity contribution in [1.29, 1.82) is 0 Å². The van der Waals surface area contributed by atoms with Crippen LogP contribution in [0.3, 0.4) is 0 Å². The molecule has 5 nitrogen and oxygen atoms in total. The maximum atomic E-state index is 11.8. The second-order valence-corrected chi connectivity index (χ2v) is 5.65. The topological polar surface area (TPSA) is 65.0 Å². The van der Waals surface area contributed by atoms with Crippen LogP contribution in [0.15, 0.2) is 48.5 Å². The van der Waals surface area contributed by atoms with E-state index in [9.17, 15) is 9.90 Å². The fourth-order valence-electron chi connectivity index (χ4n) is 2.95. The summed E-state index contributed by atoms with van der Waals surface area (Å²) in [5.41, 5.74) is 1.89. The van der Waals surface area contributed by atoms with Crippen molar-refractivity contribution in [3.8, 4) is 28.4 Å². The van der Waals surface area contributed by atoms with E-state index in [1.54, 1.807) is 57.5 Å². The molecule has 0 radical (unpaired) electrons. The molecule has 0 saturated carbocycles. The van der Waals surface area contributed by atoms with Crippen molar-refractivity contribution in [3.63, 3.8) is 0 Å². The molecule has 3 aromatic rings. The zero-order valence-electron chi connectivity index (χ0n) is 14.9. The van der Waals surface area contributed by atoms with E-state index in [0.717, 1.165) is 10.9 Å². The van der Waals surface area contributed by atoms with Crippen LogP contribution < -0.4 is 9.47 Å². The van der Waals surface area contributed by atoms with Crippen molar-refractivity contribution >= 4 is 16.7 Å². The highest BCUT2D eigenvalue weighted by molar-refractivity contribution is 6.02. The maximum absolute atomic E-state index is 11.8. The molecule has 5 heteroatoms. The van der Waals surface area contributed by atoms with Gasteiger partial charge in [0.1, 0.15) is 17.2 Å². The lowest BCUT2D eigenvalue weighted by molar-refractivity contribution is 0.0526. The van der Waals surface area contributed by atoms with Crippen LogP contribution in [-0.2, 0) is 4.74 Å². The number of aromatic hydroxyl groups is 1. The van der Waals surface area contributed by atoms with E-state index in [4.69, 9.17) is 14.2 Å². The van der Waals surface area contributed by atoms with Crippen molar-refractivity contribution < 1.29 is 24.1 Å². The van der Waals surface area contributed by atoms with Crippen molar-refractivity contribution in [3.05, 3.63) is 54.1 Å². The second-order valence-electron chi connectivity index (χ2n) is 5.65. The molecule has 0 aromatic heterocycles. The molecule has 26 heavy (non-hydrogen) atoms. The number of methoxy groups -OCH3 is 2. The van der Waals surface area contributed by atoms with E-state index in [0.29, 0.717) is 34.6 Å². The van der Waals surface area contributed by atoms with Crippen LogP contribution in [0.25, 0.3) is 21.9 Å². The Bertz CT molecular complexity index is 945. The molecule has 0 unspecified atom stereocenters. The highest BCUT2D eigenvalue weighted by Crippen LogP contribution is 2.43. The summed E-state index contributed by atoms with van der Waals surface area (Å²) < 4.78 is 15.8. The summed E-state index contributed by atoms with van der Waals surface area (Å²) in [4.78, 5) is 11.8. The Balaban J connectivity index is 2.11. The van der Waals surface area contributed by atoms with E-state index < -0.39 is 0 Å². The number of hydrogen-bond acceptors (Lipinski definition) is 5. The molecular formula is C21H20O5. The third kappa shape index (κ3) is 3.04. The van der Waals surface area contributed by atoms with Crippen molar-refractivity contribution in [2.45, 2.75) is 6.92 Å². The fourth-order valence-corrected chi connectivity index (χ4v) is 2.95. The third-order valence-electron chi connectivity index (χ3n) is 4.22. The first-order valence-electron chi connectivity index (χ1n) is 8.25. The molecular weight excluding hydrogens is 332 g/mol. The minimum absolute atomic E-state index is 0.0992. The van der Waals surface area contributed by atoms with Gasteiger partial charge in [0.2, 0.25) is 0 Å². The number of fused-ring (bicyclic) bond motifs is 1. The number of carbonyl (C=O) groups excluding carboxylic acids is 1. The number of ether oxygens (including phenoxy) is 3. The molecule has 134 valence electrons. The van der Waals surface area contributed by atoms with Crippen LogP contribution in [-0.4, -0.2) is 31.9 Å². The predicted molar refractivity (Wildman–Crippen MR) is 100 cm³/mol. The first-order chi connectivity index (χ1) is 12.6. The minimum atomic E-state index is -0.367. The number of esters is 1. The van der Waals surface area contributed by atoms with E-state index >= 15 is 0 Å². The normalized spacial score (nSPS) is 10.6. The molecule has 0 aliphatic heterocycles. The number of carbonyl (C=O) groups is 1. The standard InChI is InChI=1S/C21H20O5/c1-4-26-21(23)14-7-5-13(6-8-14)15-9-10-16-17(24-2)11-12-18(25-3)19(16)20(15)22/h5-12,22H,4H2,1-3H3. The molecule has 0 bridgehead atoms. The van der Waals surface area contributed by atoms with Crippen LogP contribution in [0.1, 0.15) is 17.3 Å². The third-order valence-corrected chi connectivity index (χ3v) is 4.22. The van der Waals surface area contributed by atoms with Gasteiger partial charge in [-0.25, -0.2) is 4.79 Å². The first kappa shape index (κ1) is 17.6. The largest absolute Gasteiger partial charge is 0.507 e. The quantitative estimate of drug-likeness (QED) is 0.689. The summed E-state index contributed by atoms with van der Waals surface area (Å²) >= 11 is 0. The van der Waals surface area contributed by atoms with Crippen LogP contribution in [0.2, 0.25) is 0 Å². The van der Waals surface area contributed by atoms with E-state index in [2.05, 4.69) is 0 Å². The first-order valence-corrected chi connectivity index (χ1v) is 8.25. The van der Waals surface area contributed by atoms with Gasteiger partial charge in [-0.3, -0.25) is 0 Å². The molecule has 3 rings (SSSR count). The molecule has 0 fully saturated rings. The summed E-state index contributed by atoms with van der Waals surface area (Å²) in [5, 5.41) is 12.2. The number of phenolic OH excluding ortho intramolecular Hbond substituents is 1. The van der Waals surface area contributed by atoms with E-state index in [-0.39, 0.29) is 11.7 Å². The smallest absolute Gasteiger partial charge is 0.338 e. The SMILES string of the molecule is CCOC(=O)c1ccc(-c2ccc3c(OC)ccc(OC)c3c2O)cc1. The summed E-state index contributed by atoms with van der Waals surface area (Å²) in [6.07, 6.45) is 0. The lowest BCUT2D eigenvalue weighted by Crippen LogP contribution is -2.04. The van der Waals surface area contributed by atoms with E-state index in [1.807, 2.05) is 12.1 Å². The molecule has 0 spiro atoms. The van der Waals surface area contributed by atoms with Crippen molar-refractivity contribution in [1.82, 2.24) is 0 Å². The van der Waals surface area contributed by atoms with Gasteiger partial charge in [0, 0.05) is 10.9 Å². The molecule has 0 heterocycles. The molecule has 0 saturated heterocycles. The molecule has 0 atom stereocenters. The van der Waals surface area contributed by atoms with Gasteiger partial charge in [-0.05, 0) is 48.9 Å². The van der Waals surface area contributed by atoms with Crippen LogP contribution >= 0.6 is 0 Å².